The van der Waals surface area contributed by atoms with E-state index in [1.807, 2.05) is 30.3 Å². The molecule has 0 aliphatic heterocycles. The van der Waals surface area contributed by atoms with Crippen LogP contribution in [-0.2, 0) is 11.2 Å². The first kappa shape index (κ1) is 17.2. The summed E-state index contributed by atoms with van der Waals surface area (Å²) in [6.07, 6.45) is 2.97. The second-order valence-corrected chi connectivity index (χ2v) is 4.95. The Hall–Kier alpha value is -3.15. The highest BCUT2D eigenvalue weighted by atomic mass is 19.1. The number of rotatable bonds is 6. The van der Waals surface area contributed by atoms with Crippen molar-refractivity contribution in [3.63, 3.8) is 0 Å². The number of nitrogens with one attached hydrogen (secondary N) is 3. The largest absolute Gasteiger partial charge is 0.494 e. The summed E-state index contributed by atoms with van der Waals surface area (Å²) in [5, 5.41) is 13.1. The topological polar surface area (TPSA) is 74.2 Å². The van der Waals surface area contributed by atoms with Crippen molar-refractivity contribution in [3.05, 3.63) is 72.2 Å². The molecule has 2 rings (SSSR count). The van der Waals surface area contributed by atoms with Crippen LogP contribution in [0.1, 0.15) is 5.56 Å². The number of ether oxygens (including phenoxy) is 1. The number of hydrogen-bond donors (Lipinski definition) is 3. The summed E-state index contributed by atoms with van der Waals surface area (Å²) >= 11 is 0. The molecule has 0 saturated heterocycles. The minimum absolute atomic E-state index is 0.0246. The van der Waals surface area contributed by atoms with Crippen molar-refractivity contribution >= 4 is 17.4 Å². The van der Waals surface area contributed by atoms with Crippen LogP contribution in [0.5, 0.6) is 5.75 Å². The normalized spacial score (nSPS) is 10.4. The second kappa shape index (κ2) is 8.47. The number of anilines is 1. The van der Waals surface area contributed by atoms with Gasteiger partial charge in [-0.05, 0) is 35.9 Å². The molecule has 0 aromatic heterocycles. The molecule has 0 aliphatic rings. The molecule has 0 atom stereocenters. The van der Waals surface area contributed by atoms with Gasteiger partial charge in [0, 0.05) is 11.9 Å². The third-order valence-electron chi connectivity index (χ3n) is 3.13. The Bertz CT molecular complexity index is 745. The van der Waals surface area contributed by atoms with Crippen molar-refractivity contribution in [2.75, 3.05) is 12.4 Å². The number of amidine groups is 1. The first-order valence-electron chi connectivity index (χ1n) is 7.27. The van der Waals surface area contributed by atoms with Crippen molar-refractivity contribution in [1.29, 1.82) is 5.41 Å². The van der Waals surface area contributed by atoms with Crippen LogP contribution in [0, 0.1) is 11.2 Å². The SMILES string of the molecule is COc1ccc(CC(=O)NC(=N)/C=C\Nc2ccccc2)cc1F. The van der Waals surface area contributed by atoms with E-state index in [9.17, 15) is 9.18 Å². The molecular weight excluding hydrogens is 309 g/mol. The predicted octanol–water partition coefficient (Wildman–Crippen LogP) is 3.10. The Morgan fingerprint density at radius 3 is 2.67 bits per heavy atom. The van der Waals surface area contributed by atoms with Crippen LogP contribution in [0.3, 0.4) is 0 Å². The summed E-state index contributed by atoms with van der Waals surface area (Å²) in [6.45, 7) is 0. The molecule has 24 heavy (non-hydrogen) atoms. The van der Waals surface area contributed by atoms with E-state index in [0.29, 0.717) is 5.56 Å². The Morgan fingerprint density at radius 1 is 1.25 bits per heavy atom. The van der Waals surface area contributed by atoms with Crippen molar-refractivity contribution < 1.29 is 13.9 Å². The molecule has 0 bridgehead atoms. The third kappa shape index (κ3) is 5.24. The number of halogens is 1. The van der Waals surface area contributed by atoms with E-state index in [2.05, 4.69) is 10.6 Å². The lowest BCUT2D eigenvalue weighted by atomic mass is 10.1. The monoisotopic (exact) mass is 327 g/mol. The van der Waals surface area contributed by atoms with Gasteiger partial charge in [0.1, 0.15) is 5.84 Å². The van der Waals surface area contributed by atoms with E-state index in [1.165, 1.54) is 25.3 Å². The van der Waals surface area contributed by atoms with Gasteiger partial charge in [-0.25, -0.2) is 4.39 Å². The quantitative estimate of drug-likeness (QED) is 0.564. The maximum atomic E-state index is 13.6. The van der Waals surface area contributed by atoms with E-state index in [4.69, 9.17) is 10.1 Å². The fraction of sp³-hybridized carbons (Fsp3) is 0.111. The van der Waals surface area contributed by atoms with E-state index in [0.717, 1.165) is 5.69 Å². The van der Waals surface area contributed by atoms with E-state index >= 15 is 0 Å². The molecule has 6 heteroatoms. The number of carbonyl (C=O) groups excluding carboxylic acids is 1. The molecular formula is C18H18FN3O2. The van der Waals surface area contributed by atoms with Gasteiger partial charge < -0.3 is 15.4 Å². The number of hydrogen-bond acceptors (Lipinski definition) is 4. The van der Waals surface area contributed by atoms with Gasteiger partial charge in [0.25, 0.3) is 0 Å². The number of benzene rings is 2. The van der Waals surface area contributed by atoms with Gasteiger partial charge >= 0.3 is 0 Å². The smallest absolute Gasteiger partial charge is 0.229 e. The first-order chi connectivity index (χ1) is 11.6. The third-order valence-corrected chi connectivity index (χ3v) is 3.13. The minimum atomic E-state index is -0.523. The lowest BCUT2D eigenvalue weighted by molar-refractivity contribution is -0.119. The summed E-state index contributed by atoms with van der Waals surface area (Å²) in [7, 11) is 1.38. The number of methoxy groups -OCH3 is 1. The number of carbonyl (C=O) groups is 1. The standard InChI is InChI=1S/C18H18FN3O2/c1-24-16-8-7-13(11-15(16)19)12-18(23)22-17(20)9-10-21-14-5-3-2-4-6-14/h2-11,21H,12H2,1H3,(H2,20,22,23)/b10-9-. The molecule has 2 aromatic carbocycles. The average Bonchev–Trinajstić information content (AvgIpc) is 2.56. The zero-order valence-corrected chi connectivity index (χ0v) is 13.2. The minimum Gasteiger partial charge on any atom is -0.494 e. The Kier molecular flexibility index (Phi) is 6.08. The lowest BCUT2D eigenvalue weighted by Crippen LogP contribution is -2.29. The Morgan fingerprint density at radius 2 is 2.00 bits per heavy atom. The Labute approximate surface area is 139 Å². The summed E-state index contributed by atoms with van der Waals surface area (Å²) < 4.78 is 18.4. The summed E-state index contributed by atoms with van der Waals surface area (Å²) in [4.78, 5) is 11.9. The van der Waals surface area contributed by atoms with Gasteiger partial charge in [-0.15, -0.1) is 0 Å². The van der Waals surface area contributed by atoms with Gasteiger partial charge in [-0.3, -0.25) is 10.2 Å². The van der Waals surface area contributed by atoms with Crippen LogP contribution in [0.15, 0.2) is 60.8 Å². The molecule has 0 radical (unpaired) electrons. The molecule has 5 nitrogen and oxygen atoms in total. The second-order valence-electron chi connectivity index (χ2n) is 4.95. The van der Waals surface area contributed by atoms with Gasteiger partial charge in [-0.1, -0.05) is 24.3 Å². The molecule has 124 valence electrons. The number of amides is 1. The Balaban J connectivity index is 1.83. The van der Waals surface area contributed by atoms with E-state index in [1.54, 1.807) is 12.3 Å². The van der Waals surface area contributed by atoms with Gasteiger partial charge in [0.2, 0.25) is 5.91 Å². The molecule has 3 N–H and O–H groups in total. The van der Waals surface area contributed by atoms with Crippen LogP contribution in [0.4, 0.5) is 10.1 Å². The molecule has 0 saturated carbocycles. The maximum Gasteiger partial charge on any atom is 0.229 e. The van der Waals surface area contributed by atoms with Crippen molar-refractivity contribution in [1.82, 2.24) is 5.32 Å². The van der Waals surface area contributed by atoms with Crippen LogP contribution in [0.2, 0.25) is 0 Å². The van der Waals surface area contributed by atoms with Gasteiger partial charge in [0.05, 0.1) is 13.5 Å². The van der Waals surface area contributed by atoms with Crippen molar-refractivity contribution in [2.45, 2.75) is 6.42 Å². The van der Waals surface area contributed by atoms with Crippen LogP contribution in [0.25, 0.3) is 0 Å². The van der Waals surface area contributed by atoms with Crippen molar-refractivity contribution in [2.24, 2.45) is 0 Å². The van der Waals surface area contributed by atoms with Crippen LogP contribution >= 0.6 is 0 Å². The molecule has 0 unspecified atom stereocenters. The highest BCUT2D eigenvalue weighted by molar-refractivity contribution is 6.03. The first-order valence-corrected chi connectivity index (χ1v) is 7.27. The van der Waals surface area contributed by atoms with Gasteiger partial charge in [0.15, 0.2) is 11.6 Å². The fourth-order valence-corrected chi connectivity index (χ4v) is 2.00. The van der Waals surface area contributed by atoms with Gasteiger partial charge in [-0.2, -0.15) is 0 Å². The highest BCUT2D eigenvalue weighted by Crippen LogP contribution is 2.17. The van der Waals surface area contributed by atoms with E-state index < -0.39 is 11.7 Å². The highest BCUT2D eigenvalue weighted by Gasteiger charge is 2.08. The van der Waals surface area contributed by atoms with E-state index in [-0.39, 0.29) is 18.0 Å². The molecule has 0 fully saturated rings. The average molecular weight is 327 g/mol. The zero-order valence-electron chi connectivity index (χ0n) is 13.2. The summed E-state index contributed by atoms with van der Waals surface area (Å²) in [6, 6.07) is 13.8. The molecule has 0 aliphatic carbocycles. The molecule has 1 amide bonds. The summed E-state index contributed by atoms with van der Waals surface area (Å²) in [5.74, 6) is -0.849. The zero-order chi connectivity index (χ0) is 17.4. The number of para-hydroxylation sites is 1. The fourth-order valence-electron chi connectivity index (χ4n) is 2.00. The predicted molar refractivity (Wildman–Crippen MR) is 91.7 cm³/mol. The maximum absolute atomic E-state index is 13.6. The van der Waals surface area contributed by atoms with Crippen LogP contribution < -0.4 is 15.4 Å². The van der Waals surface area contributed by atoms with Crippen LogP contribution in [-0.4, -0.2) is 18.9 Å². The molecule has 0 spiro atoms. The lowest BCUT2D eigenvalue weighted by Gasteiger charge is -2.06. The summed E-state index contributed by atoms with van der Waals surface area (Å²) in [5.41, 5.74) is 1.38. The molecule has 2 aromatic rings. The molecule has 0 heterocycles. The van der Waals surface area contributed by atoms with Crippen molar-refractivity contribution in [3.8, 4) is 5.75 Å².